The van der Waals surface area contributed by atoms with Gasteiger partial charge in [-0.2, -0.15) is 0 Å². The first-order valence-electron chi connectivity index (χ1n) is 10.7. The maximum absolute atomic E-state index is 13.9. The summed E-state index contributed by atoms with van der Waals surface area (Å²) in [5.74, 6) is -1.23. The lowest BCUT2D eigenvalue weighted by Gasteiger charge is -2.36. The first kappa shape index (κ1) is 18.5. The predicted molar refractivity (Wildman–Crippen MR) is 114 cm³/mol. The average Bonchev–Trinajstić information content (AvgIpc) is 3.55. The van der Waals surface area contributed by atoms with Gasteiger partial charge in [0.1, 0.15) is 5.54 Å². The molecule has 162 valence electrons. The van der Waals surface area contributed by atoms with E-state index in [1.807, 2.05) is 0 Å². The third-order valence-corrected chi connectivity index (χ3v) is 7.80. The Hall–Kier alpha value is -3.10. The van der Waals surface area contributed by atoms with Gasteiger partial charge < -0.3 is 14.8 Å². The first-order chi connectivity index (χ1) is 15.5. The summed E-state index contributed by atoms with van der Waals surface area (Å²) in [6.45, 7) is 0.755. The van der Waals surface area contributed by atoms with Gasteiger partial charge in [-0.15, -0.1) is 0 Å². The van der Waals surface area contributed by atoms with Crippen molar-refractivity contribution in [3.05, 3.63) is 47.0 Å². The second-order valence-electron chi connectivity index (χ2n) is 8.87. The second kappa shape index (κ2) is 6.02. The highest BCUT2D eigenvalue weighted by molar-refractivity contribution is 6.31. The minimum atomic E-state index is -1.23. The van der Waals surface area contributed by atoms with Gasteiger partial charge in [0.15, 0.2) is 11.5 Å². The summed E-state index contributed by atoms with van der Waals surface area (Å²) >= 11 is 6.32. The quantitative estimate of drug-likeness (QED) is 0.670. The minimum Gasteiger partial charge on any atom is -0.454 e. The fourth-order valence-electron chi connectivity index (χ4n) is 6.45. The number of carbonyl (C=O) groups is 3. The Morgan fingerprint density at radius 1 is 1.03 bits per heavy atom. The Morgan fingerprint density at radius 2 is 1.88 bits per heavy atom. The Balaban J connectivity index is 1.41. The zero-order chi connectivity index (χ0) is 21.8. The Bertz CT molecular complexity index is 1250. The summed E-state index contributed by atoms with van der Waals surface area (Å²) in [7, 11) is 0. The van der Waals surface area contributed by atoms with Gasteiger partial charge in [-0.1, -0.05) is 11.6 Å². The molecule has 3 amide bonds. The number of benzene rings is 2. The van der Waals surface area contributed by atoms with Crippen molar-refractivity contribution in [2.45, 2.75) is 24.4 Å². The normalized spacial score (nSPS) is 32.0. The van der Waals surface area contributed by atoms with Crippen LogP contribution in [0.25, 0.3) is 0 Å². The zero-order valence-corrected chi connectivity index (χ0v) is 17.6. The van der Waals surface area contributed by atoms with Crippen LogP contribution in [0.15, 0.2) is 36.4 Å². The monoisotopic (exact) mass is 451 g/mol. The molecule has 3 fully saturated rings. The van der Waals surface area contributed by atoms with Crippen LogP contribution < -0.4 is 19.7 Å². The maximum atomic E-state index is 13.9. The zero-order valence-electron chi connectivity index (χ0n) is 16.8. The molecule has 2 aromatic rings. The maximum Gasteiger partial charge on any atom is 0.250 e. The molecule has 5 aliphatic heterocycles. The van der Waals surface area contributed by atoms with Gasteiger partial charge in [0, 0.05) is 28.4 Å². The Labute approximate surface area is 188 Å². The molecule has 0 bridgehead atoms. The van der Waals surface area contributed by atoms with Gasteiger partial charge in [-0.05, 0) is 49.7 Å². The van der Waals surface area contributed by atoms with Gasteiger partial charge in [-0.3, -0.25) is 19.3 Å². The summed E-state index contributed by atoms with van der Waals surface area (Å²) in [6, 6.07) is 10.1. The molecule has 1 spiro atoms. The number of amides is 3. The van der Waals surface area contributed by atoms with Crippen LogP contribution in [-0.2, 0) is 19.9 Å². The number of nitrogens with one attached hydrogen (secondary N) is 1. The Kier molecular flexibility index (Phi) is 3.48. The second-order valence-corrected chi connectivity index (χ2v) is 9.30. The molecule has 0 aliphatic carbocycles. The average molecular weight is 452 g/mol. The van der Waals surface area contributed by atoms with Crippen LogP contribution in [0, 0.1) is 11.8 Å². The van der Waals surface area contributed by atoms with Crippen molar-refractivity contribution in [1.82, 2.24) is 4.90 Å². The lowest BCUT2D eigenvalue weighted by atomic mass is 9.75. The fourth-order valence-corrected chi connectivity index (χ4v) is 6.63. The number of hydrogen-bond donors (Lipinski definition) is 1. The number of halogens is 1. The topological polar surface area (TPSA) is 88.2 Å². The summed E-state index contributed by atoms with van der Waals surface area (Å²) in [6.07, 6.45) is 1.63. The van der Waals surface area contributed by atoms with Gasteiger partial charge in [0.05, 0.1) is 17.5 Å². The molecule has 0 saturated carbocycles. The predicted octanol–water partition coefficient (Wildman–Crippen LogP) is 2.50. The van der Waals surface area contributed by atoms with Gasteiger partial charge in [-0.25, -0.2) is 4.90 Å². The molecule has 8 nitrogen and oxygen atoms in total. The molecule has 9 heteroatoms. The van der Waals surface area contributed by atoms with Crippen LogP contribution in [0.4, 0.5) is 11.4 Å². The van der Waals surface area contributed by atoms with Gasteiger partial charge in [0.25, 0.3) is 0 Å². The molecule has 1 N–H and O–H groups in total. The molecule has 0 aromatic heterocycles. The third kappa shape index (κ3) is 2.00. The van der Waals surface area contributed by atoms with E-state index in [2.05, 4.69) is 10.2 Å². The molecule has 4 atom stereocenters. The minimum absolute atomic E-state index is 0.101. The van der Waals surface area contributed by atoms with Crippen molar-refractivity contribution < 1.29 is 23.9 Å². The number of anilines is 2. The van der Waals surface area contributed by atoms with E-state index in [0.717, 1.165) is 12.8 Å². The SMILES string of the molecule is O=C1[C@@H]2[C@@H]3CCCN3[C@@]3(C(=O)Nc4ccc(Cl)cc43)[C@H]2C(=O)N1c1ccc2c(c1)OCO2. The molecule has 5 aliphatic rings. The van der Waals surface area contributed by atoms with Crippen LogP contribution in [-0.4, -0.2) is 42.0 Å². The van der Waals surface area contributed by atoms with Crippen molar-refractivity contribution in [2.75, 3.05) is 23.6 Å². The number of nitrogens with zero attached hydrogens (tertiary/aromatic N) is 2. The first-order valence-corrected chi connectivity index (χ1v) is 11.1. The van der Waals surface area contributed by atoms with Crippen molar-refractivity contribution in [3.8, 4) is 11.5 Å². The van der Waals surface area contributed by atoms with Crippen molar-refractivity contribution >= 4 is 40.7 Å². The number of fused-ring (bicyclic) bond motifs is 8. The molecule has 5 heterocycles. The summed E-state index contributed by atoms with van der Waals surface area (Å²) in [5.41, 5.74) is 0.530. The van der Waals surface area contributed by atoms with Crippen LogP contribution in [0.1, 0.15) is 18.4 Å². The highest BCUT2D eigenvalue weighted by Gasteiger charge is 2.74. The van der Waals surface area contributed by atoms with Crippen LogP contribution in [0.3, 0.4) is 0 Å². The summed E-state index contributed by atoms with van der Waals surface area (Å²) in [5, 5.41) is 3.44. The van der Waals surface area contributed by atoms with E-state index in [4.69, 9.17) is 21.1 Å². The summed E-state index contributed by atoms with van der Waals surface area (Å²) < 4.78 is 10.8. The van der Waals surface area contributed by atoms with Crippen LogP contribution in [0.2, 0.25) is 5.02 Å². The van der Waals surface area contributed by atoms with E-state index >= 15 is 0 Å². The summed E-state index contributed by atoms with van der Waals surface area (Å²) in [4.78, 5) is 44.5. The lowest BCUT2D eigenvalue weighted by molar-refractivity contribution is -0.135. The molecule has 0 radical (unpaired) electrons. The fraction of sp³-hybridized carbons (Fsp3) is 0.348. The number of imide groups is 1. The third-order valence-electron chi connectivity index (χ3n) is 7.57. The largest absolute Gasteiger partial charge is 0.454 e. The molecular weight excluding hydrogens is 434 g/mol. The Morgan fingerprint density at radius 3 is 2.75 bits per heavy atom. The van der Waals surface area contributed by atoms with E-state index in [0.29, 0.717) is 40.0 Å². The standard InChI is InChI=1S/C23H18ClN3O5/c24-11-3-5-14-13(8-11)23(22(30)25-14)19-18(15-2-1-7-26(15)23)20(28)27(21(19)29)12-4-6-16-17(9-12)32-10-31-16/h3-6,8-9,15,18-19H,1-2,7,10H2,(H,25,30)/t15-,18+,19+,23+/m0/s1. The number of rotatable bonds is 1. The lowest BCUT2D eigenvalue weighted by Crippen LogP contribution is -2.54. The molecular formula is C23H18ClN3O5. The number of ether oxygens (including phenoxy) is 2. The molecule has 2 aromatic carbocycles. The van der Waals surface area contributed by atoms with Crippen molar-refractivity contribution in [1.29, 1.82) is 0 Å². The van der Waals surface area contributed by atoms with Crippen LogP contribution in [0.5, 0.6) is 11.5 Å². The van der Waals surface area contributed by atoms with Gasteiger partial charge >= 0.3 is 0 Å². The number of carbonyl (C=O) groups excluding carboxylic acids is 3. The van der Waals surface area contributed by atoms with E-state index in [-0.39, 0.29) is 30.6 Å². The smallest absolute Gasteiger partial charge is 0.250 e. The number of hydrogen-bond acceptors (Lipinski definition) is 6. The van der Waals surface area contributed by atoms with Crippen molar-refractivity contribution in [2.24, 2.45) is 11.8 Å². The highest BCUT2D eigenvalue weighted by Crippen LogP contribution is 2.61. The molecule has 0 unspecified atom stereocenters. The van der Waals surface area contributed by atoms with E-state index in [9.17, 15) is 14.4 Å². The van der Waals surface area contributed by atoms with E-state index < -0.39 is 17.4 Å². The molecule has 7 rings (SSSR count). The van der Waals surface area contributed by atoms with Crippen LogP contribution >= 0.6 is 11.6 Å². The van der Waals surface area contributed by atoms with Gasteiger partial charge in [0.2, 0.25) is 24.5 Å². The van der Waals surface area contributed by atoms with E-state index in [1.165, 1.54) is 4.90 Å². The highest BCUT2D eigenvalue weighted by atomic mass is 35.5. The van der Waals surface area contributed by atoms with Crippen molar-refractivity contribution in [3.63, 3.8) is 0 Å². The molecule has 3 saturated heterocycles. The van der Waals surface area contributed by atoms with E-state index in [1.54, 1.807) is 36.4 Å². The molecule has 32 heavy (non-hydrogen) atoms.